The van der Waals surface area contributed by atoms with Crippen molar-refractivity contribution in [3.05, 3.63) is 32.8 Å². The quantitative estimate of drug-likeness (QED) is 0.685. The second-order valence-corrected chi connectivity index (χ2v) is 4.92. The minimum absolute atomic E-state index is 0.115. The molecule has 0 bridgehead atoms. The van der Waals surface area contributed by atoms with Crippen LogP contribution in [0.3, 0.4) is 0 Å². The van der Waals surface area contributed by atoms with Crippen LogP contribution in [-0.4, -0.2) is 10.8 Å². The summed E-state index contributed by atoms with van der Waals surface area (Å²) in [7, 11) is 0. The second kappa shape index (κ2) is 4.38. The number of carbonyl (C=O) groups is 1. The van der Waals surface area contributed by atoms with Gasteiger partial charge in [-0.25, -0.2) is 0 Å². The zero-order valence-corrected chi connectivity index (χ0v) is 10.7. The Kier molecular flexibility index (Phi) is 3.05. The smallest absolute Gasteiger partial charge is 0.271 e. The molecule has 0 aromatic heterocycles. The van der Waals surface area contributed by atoms with Crippen molar-refractivity contribution in [2.75, 3.05) is 5.32 Å². The molecule has 1 aliphatic carbocycles. The Morgan fingerprint density at radius 2 is 2.22 bits per heavy atom. The molecule has 0 saturated heterocycles. The van der Waals surface area contributed by atoms with E-state index in [1.807, 2.05) is 6.07 Å². The lowest BCUT2D eigenvalue weighted by Crippen LogP contribution is -2.22. The summed E-state index contributed by atoms with van der Waals surface area (Å²) >= 11 is 3.20. The van der Waals surface area contributed by atoms with Crippen LogP contribution in [0, 0.1) is 26.9 Å². The van der Waals surface area contributed by atoms with Crippen molar-refractivity contribution < 1.29 is 9.72 Å². The van der Waals surface area contributed by atoms with E-state index in [0.717, 1.165) is 0 Å². The normalized spacial score (nSPS) is 15.6. The van der Waals surface area contributed by atoms with E-state index in [4.69, 9.17) is 5.26 Å². The van der Waals surface area contributed by atoms with Crippen LogP contribution in [-0.2, 0) is 4.79 Å². The highest BCUT2D eigenvalue weighted by Gasteiger charge is 2.50. The summed E-state index contributed by atoms with van der Waals surface area (Å²) in [5, 5.41) is 22.1. The number of nitrogens with one attached hydrogen (secondary N) is 1. The maximum absolute atomic E-state index is 11.8. The van der Waals surface area contributed by atoms with Gasteiger partial charge in [-0.3, -0.25) is 14.9 Å². The summed E-state index contributed by atoms with van der Waals surface area (Å²) in [6.07, 6.45) is 1.06. The van der Waals surface area contributed by atoms with E-state index < -0.39 is 16.2 Å². The topological polar surface area (TPSA) is 96.0 Å². The minimum atomic E-state index is -0.954. The third-order valence-electron chi connectivity index (χ3n) is 2.81. The van der Waals surface area contributed by atoms with Gasteiger partial charge in [0.2, 0.25) is 5.91 Å². The Labute approximate surface area is 111 Å². The predicted octanol–water partition coefficient (Wildman–Crippen LogP) is 2.60. The van der Waals surface area contributed by atoms with Gasteiger partial charge in [-0.2, -0.15) is 5.26 Å². The molecule has 0 unspecified atom stereocenters. The second-order valence-electron chi connectivity index (χ2n) is 4.07. The van der Waals surface area contributed by atoms with Crippen molar-refractivity contribution in [1.82, 2.24) is 0 Å². The highest BCUT2D eigenvalue weighted by Crippen LogP contribution is 2.46. The van der Waals surface area contributed by atoms with Crippen LogP contribution < -0.4 is 5.32 Å². The van der Waals surface area contributed by atoms with Crippen molar-refractivity contribution >= 4 is 33.2 Å². The van der Waals surface area contributed by atoms with E-state index in [-0.39, 0.29) is 5.69 Å². The van der Waals surface area contributed by atoms with Crippen LogP contribution in [0.1, 0.15) is 12.8 Å². The monoisotopic (exact) mass is 309 g/mol. The van der Waals surface area contributed by atoms with E-state index in [9.17, 15) is 14.9 Å². The van der Waals surface area contributed by atoms with Gasteiger partial charge in [-0.15, -0.1) is 0 Å². The van der Waals surface area contributed by atoms with Gasteiger partial charge in [0.15, 0.2) is 0 Å². The van der Waals surface area contributed by atoms with Crippen LogP contribution >= 0.6 is 15.9 Å². The number of nitrogens with zero attached hydrogens (tertiary/aromatic N) is 2. The zero-order valence-electron chi connectivity index (χ0n) is 9.14. The Balaban J connectivity index is 2.24. The van der Waals surface area contributed by atoms with Gasteiger partial charge in [-0.1, -0.05) is 0 Å². The Morgan fingerprint density at radius 3 is 2.72 bits per heavy atom. The van der Waals surface area contributed by atoms with Crippen LogP contribution in [0.4, 0.5) is 11.4 Å². The molecule has 7 heteroatoms. The van der Waals surface area contributed by atoms with Gasteiger partial charge in [-0.05, 0) is 34.8 Å². The molecule has 1 saturated carbocycles. The number of amides is 1. The van der Waals surface area contributed by atoms with E-state index in [2.05, 4.69) is 21.2 Å². The van der Waals surface area contributed by atoms with Crippen molar-refractivity contribution in [1.29, 1.82) is 5.26 Å². The molecular weight excluding hydrogens is 302 g/mol. The van der Waals surface area contributed by atoms with Gasteiger partial charge in [0.05, 0.1) is 16.7 Å². The number of nitriles is 1. The summed E-state index contributed by atoms with van der Waals surface area (Å²) in [5.74, 6) is -0.411. The van der Waals surface area contributed by atoms with E-state index in [0.29, 0.717) is 23.0 Å². The van der Waals surface area contributed by atoms with Gasteiger partial charge in [0, 0.05) is 16.6 Å². The molecule has 1 aromatic carbocycles. The standard InChI is InChI=1S/C11H8BrN3O3/c12-8-2-1-7(15(17)18)5-9(8)14-10(16)11(6-13)3-4-11/h1-2,5H,3-4H2,(H,14,16). The van der Waals surface area contributed by atoms with Gasteiger partial charge < -0.3 is 5.32 Å². The molecule has 0 aliphatic heterocycles. The molecule has 6 nitrogen and oxygen atoms in total. The first-order valence-electron chi connectivity index (χ1n) is 5.15. The van der Waals surface area contributed by atoms with Gasteiger partial charge in [0.25, 0.3) is 5.69 Å². The van der Waals surface area contributed by atoms with Gasteiger partial charge in [0.1, 0.15) is 5.41 Å². The van der Waals surface area contributed by atoms with E-state index in [1.165, 1.54) is 18.2 Å². The maximum Gasteiger partial charge on any atom is 0.271 e. The number of halogens is 1. The number of hydrogen-bond acceptors (Lipinski definition) is 4. The Morgan fingerprint density at radius 1 is 1.56 bits per heavy atom. The fourth-order valence-corrected chi connectivity index (χ4v) is 1.82. The molecule has 0 radical (unpaired) electrons. The fraction of sp³-hybridized carbons (Fsp3) is 0.273. The average Bonchev–Trinajstić information content (AvgIpc) is 3.12. The SMILES string of the molecule is N#CC1(C(=O)Nc2cc([N+](=O)[O-])ccc2Br)CC1. The van der Waals surface area contributed by atoms with Crippen LogP contribution in [0.25, 0.3) is 0 Å². The number of rotatable bonds is 3. The molecule has 1 fully saturated rings. The number of carbonyl (C=O) groups excluding carboxylic acids is 1. The fourth-order valence-electron chi connectivity index (χ4n) is 1.48. The molecular formula is C11H8BrN3O3. The first-order chi connectivity index (χ1) is 8.48. The lowest BCUT2D eigenvalue weighted by Gasteiger charge is -2.09. The number of benzene rings is 1. The number of nitro benzene ring substituents is 1. The molecule has 0 atom stereocenters. The molecule has 1 amide bonds. The average molecular weight is 310 g/mol. The largest absolute Gasteiger partial charge is 0.323 e. The highest BCUT2D eigenvalue weighted by molar-refractivity contribution is 9.10. The van der Waals surface area contributed by atoms with Crippen molar-refractivity contribution in [3.8, 4) is 6.07 Å². The Hall–Kier alpha value is -1.94. The molecule has 1 aliphatic rings. The molecule has 1 N–H and O–H groups in total. The van der Waals surface area contributed by atoms with E-state index >= 15 is 0 Å². The molecule has 18 heavy (non-hydrogen) atoms. The summed E-state index contributed by atoms with van der Waals surface area (Å²) in [6, 6.07) is 6.04. The minimum Gasteiger partial charge on any atom is -0.323 e. The van der Waals surface area contributed by atoms with Crippen molar-refractivity contribution in [3.63, 3.8) is 0 Å². The van der Waals surface area contributed by atoms with Gasteiger partial charge >= 0.3 is 0 Å². The number of anilines is 1. The highest BCUT2D eigenvalue weighted by atomic mass is 79.9. The third-order valence-corrected chi connectivity index (χ3v) is 3.50. The molecule has 1 aromatic rings. The molecule has 92 valence electrons. The van der Waals surface area contributed by atoms with Crippen LogP contribution in [0.2, 0.25) is 0 Å². The summed E-state index contributed by atoms with van der Waals surface area (Å²) in [5.41, 5.74) is -0.768. The number of non-ortho nitro benzene ring substituents is 1. The van der Waals surface area contributed by atoms with Crippen molar-refractivity contribution in [2.45, 2.75) is 12.8 Å². The number of nitro groups is 1. The van der Waals surface area contributed by atoms with E-state index in [1.54, 1.807) is 0 Å². The third kappa shape index (κ3) is 2.19. The van der Waals surface area contributed by atoms with Crippen molar-refractivity contribution in [2.24, 2.45) is 5.41 Å². The summed E-state index contributed by atoms with van der Waals surface area (Å²) in [4.78, 5) is 21.9. The Bertz CT molecular complexity index is 575. The lowest BCUT2D eigenvalue weighted by atomic mass is 10.1. The molecule has 0 spiro atoms. The lowest BCUT2D eigenvalue weighted by molar-refractivity contribution is -0.384. The maximum atomic E-state index is 11.8. The zero-order chi connectivity index (χ0) is 13.3. The van der Waals surface area contributed by atoms with Crippen LogP contribution in [0.5, 0.6) is 0 Å². The summed E-state index contributed by atoms with van der Waals surface area (Å²) < 4.78 is 0.537. The summed E-state index contributed by atoms with van der Waals surface area (Å²) in [6.45, 7) is 0. The number of hydrogen-bond donors (Lipinski definition) is 1. The predicted molar refractivity (Wildman–Crippen MR) is 66.7 cm³/mol. The molecule has 2 rings (SSSR count). The first-order valence-corrected chi connectivity index (χ1v) is 5.94. The molecule has 0 heterocycles. The first kappa shape index (κ1) is 12.5. The van der Waals surface area contributed by atoms with Crippen LogP contribution in [0.15, 0.2) is 22.7 Å².